The molecule has 1 aromatic heterocycles. The van der Waals surface area contributed by atoms with Crippen LogP contribution in [0.5, 0.6) is 5.75 Å². The zero-order valence-corrected chi connectivity index (χ0v) is 15.7. The topological polar surface area (TPSA) is 63.2 Å². The van der Waals surface area contributed by atoms with Crippen LogP contribution in [-0.4, -0.2) is 18.0 Å². The van der Waals surface area contributed by atoms with Gasteiger partial charge in [-0.1, -0.05) is 24.3 Å². The van der Waals surface area contributed by atoms with Gasteiger partial charge in [0.1, 0.15) is 5.75 Å². The molecule has 0 radical (unpaired) electrons. The van der Waals surface area contributed by atoms with Crippen molar-refractivity contribution in [2.45, 2.75) is 20.4 Å². The van der Waals surface area contributed by atoms with E-state index < -0.39 is 0 Å². The van der Waals surface area contributed by atoms with E-state index >= 15 is 0 Å². The highest BCUT2D eigenvalue weighted by Crippen LogP contribution is 2.20. The number of pyridine rings is 1. The minimum atomic E-state index is -0.188. The van der Waals surface area contributed by atoms with Crippen molar-refractivity contribution in [2.24, 2.45) is 0 Å². The summed E-state index contributed by atoms with van der Waals surface area (Å²) in [5, 5.41) is 6.21. The Hall–Kier alpha value is -3.34. The number of nitrogens with zero attached hydrogens (tertiary/aromatic N) is 1. The predicted molar refractivity (Wildman–Crippen MR) is 108 cm³/mol. The Bertz CT molecular complexity index is 954. The second-order valence-corrected chi connectivity index (χ2v) is 6.38. The maximum absolute atomic E-state index is 12.5. The average molecular weight is 361 g/mol. The van der Waals surface area contributed by atoms with E-state index in [1.54, 1.807) is 25.6 Å². The number of aryl methyl sites for hydroxylation is 2. The fraction of sp³-hybridized carbons (Fsp3) is 0.182. The van der Waals surface area contributed by atoms with Gasteiger partial charge in [0.15, 0.2) is 0 Å². The van der Waals surface area contributed by atoms with Crippen molar-refractivity contribution in [3.63, 3.8) is 0 Å². The highest BCUT2D eigenvalue weighted by molar-refractivity contribution is 6.04. The number of hydrogen-bond acceptors (Lipinski definition) is 4. The molecule has 0 aliphatic carbocycles. The Morgan fingerprint density at radius 3 is 2.59 bits per heavy atom. The van der Waals surface area contributed by atoms with Crippen LogP contribution in [0.4, 0.5) is 11.4 Å². The van der Waals surface area contributed by atoms with E-state index in [-0.39, 0.29) is 5.91 Å². The monoisotopic (exact) mass is 361 g/mol. The number of hydrogen-bond donors (Lipinski definition) is 2. The lowest BCUT2D eigenvalue weighted by Crippen LogP contribution is -2.13. The van der Waals surface area contributed by atoms with Gasteiger partial charge in [-0.15, -0.1) is 0 Å². The van der Waals surface area contributed by atoms with E-state index in [0.29, 0.717) is 12.1 Å². The summed E-state index contributed by atoms with van der Waals surface area (Å²) in [6.07, 6.45) is 3.26. The van der Waals surface area contributed by atoms with Crippen LogP contribution in [-0.2, 0) is 6.54 Å². The number of anilines is 2. The molecule has 3 rings (SSSR count). The number of benzene rings is 2. The summed E-state index contributed by atoms with van der Waals surface area (Å²) in [6.45, 7) is 4.64. The lowest BCUT2D eigenvalue weighted by molar-refractivity contribution is 0.102. The maximum Gasteiger partial charge on any atom is 0.257 e. The Balaban J connectivity index is 1.69. The Morgan fingerprint density at radius 2 is 1.81 bits per heavy atom. The third kappa shape index (κ3) is 4.64. The fourth-order valence-electron chi connectivity index (χ4n) is 2.73. The third-order valence-electron chi connectivity index (χ3n) is 4.44. The van der Waals surface area contributed by atoms with Crippen LogP contribution in [0.3, 0.4) is 0 Å². The van der Waals surface area contributed by atoms with Crippen molar-refractivity contribution in [1.82, 2.24) is 4.98 Å². The van der Waals surface area contributed by atoms with Gasteiger partial charge >= 0.3 is 0 Å². The summed E-state index contributed by atoms with van der Waals surface area (Å²) < 4.78 is 5.36. The first-order valence-corrected chi connectivity index (χ1v) is 8.76. The van der Waals surface area contributed by atoms with Gasteiger partial charge < -0.3 is 15.4 Å². The first-order valence-electron chi connectivity index (χ1n) is 8.76. The van der Waals surface area contributed by atoms with Crippen LogP contribution in [0.25, 0.3) is 0 Å². The van der Waals surface area contributed by atoms with Gasteiger partial charge in [0.25, 0.3) is 5.91 Å². The van der Waals surface area contributed by atoms with Gasteiger partial charge in [0.2, 0.25) is 0 Å². The summed E-state index contributed by atoms with van der Waals surface area (Å²) >= 11 is 0. The highest BCUT2D eigenvalue weighted by Gasteiger charge is 2.09. The van der Waals surface area contributed by atoms with Gasteiger partial charge in [-0.3, -0.25) is 9.78 Å². The molecule has 0 bridgehead atoms. The SMILES string of the molecule is COc1ccccc1CNc1cncc(C(=O)Nc2ccc(C)c(C)c2)c1. The molecule has 138 valence electrons. The molecular weight excluding hydrogens is 338 g/mol. The van der Waals surface area contributed by atoms with E-state index in [9.17, 15) is 4.79 Å². The number of carbonyl (C=O) groups is 1. The van der Waals surface area contributed by atoms with Gasteiger partial charge in [0, 0.05) is 30.2 Å². The van der Waals surface area contributed by atoms with Gasteiger partial charge in [-0.25, -0.2) is 0 Å². The van der Waals surface area contributed by atoms with Crippen molar-refractivity contribution in [3.05, 3.63) is 83.2 Å². The number of ether oxygens (including phenoxy) is 1. The summed E-state index contributed by atoms with van der Waals surface area (Å²) in [4.78, 5) is 16.7. The molecule has 0 aliphatic heterocycles. The Morgan fingerprint density at radius 1 is 1.00 bits per heavy atom. The van der Waals surface area contributed by atoms with E-state index in [0.717, 1.165) is 28.3 Å². The number of rotatable bonds is 6. The lowest BCUT2D eigenvalue weighted by atomic mass is 10.1. The number of nitrogens with one attached hydrogen (secondary N) is 2. The number of amides is 1. The van der Waals surface area contributed by atoms with Crippen LogP contribution in [0, 0.1) is 13.8 Å². The maximum atomic E-state index is 12.5. The van der Waals surface area contributed by atoms with Crippen molar-refractivity contribution in [2.75, 3.05) is 17.7 Å². The lowest BCUT2D eigenvalue weighted by Gasteiger charge is -2.11. The molecule has 5 nitrogen and oxygen atoms in total. The van der Waals surface area contributed by atoms with Crippen molar-refractivity contribution in [3.8, 4) is 5.75 Å². The largest absolute Gasteiger partial charge is 0.496 e. The van der Waals surface area contributed by atoms with E-state index in [2.05, 4.69) is 15.6 Å². The Labute approximate surface area is 159 Å². The summed E-state index contributed by atoms with van der Waals surface area (Å²) in [7, 11) is 1.65. The molecule has 3 aromatic rings. The van der Waals surface area contributed by atoms with E-state index in [4.69, 9.17) is 4.74 Å². The number of methoxy groups -OCH3 is 1. The van der Waals surface area contributed by atoms with E-state index in [1.165, 1.54) is 5.56 Å². The minimum absolute atomic E-state index is 0.188. The predicted octanol–water partition coefficient (Wildman–Crippen LogP) is 4.57. The minimum Gasteiger partial charge on any atom is -0.496 e. The Kier molecular flexibility index (Phi) is 5.71. The van der Waals surface area contributed by atoms with Crippen molar-refractivity contribution >= 4 is 17.3 Å². The molecule has 2 aromatic carbocycles. The van der Waals surface area contributed by atoms with Crippen LogP contribution in [0.2, 0.25) is 0 Å². The van der Waals surface area contributed by atoms with Gasteiger partial charge in [-0.05, 0) is 49.2 Å². The number of carbonyl (C=O) groups excluding carboxylic acids is 1. The molecular formula is C22H23N3O2. The summed E-state index contributed by atoms with van der Waals surface area (Å²) in [5.41, 5.74) is 5.41. The van der Waals surface area contributed by atoms with Gasteiger partial charge in [-0.2, -0.15) is 0 Å². The third-order valence-corrected chi connectivity index (χ3v) is 4.44. The standard InChI is InChI=1S/C22H23N3O2/c1-15-8-9-19(10-16(15)2)25-22(26)18-11-20(14-23-12-18)24-13-17-6-4-5-7-21(17)27-3/h4-12,14,24H,13H2,1-3H3,(H,25,26). The fourth-order valence-corrected chi connectivity index (χ4v) is 2.73. The second-order valence-electron chi connectivity index (χ2n) is 6.38. The number of aromatic nitrogens is 1. The van der Waals surface area contributed by atoms with Crippen LogP contribution in [0.1, 0.15) is 27.0 Å². The molecule has 0 spiro atoms. The molecule has 0 atom stereocenters. The van der Waals surface area contributed by atoms with Crippen LogP contribution >= 0.6 is 0 Å². The number of para-hydroxylation sites is 1. The van der Waals surface area contributed by atoms with Crippen LogP contribution < -0.4 is 15.4 Å². The molecule has 0 saturated carbocycles. The smallest absolute Gasteiger partial charge is 0.257 e. The van der Waals surface area contributed by atoms with Gasteiger partial charge in [0.05, 0.1) is 18.4 Å². The quantitative estimate of drug-likeness (QED) is 0.675. The highest BCUT2D eigenvalue weighted by atomic mass is 16.5. The van der Waals surface area contributed by atoms with E-state index in [1.807, 2.05) is 56.3 Å². The first kappa shape index (κ1) is 18.5. The molecule has 1 heterocycles. The summed E-state index contributed by atoms with van der Waals surface area (Å²) in [6, 6.07) is 15.5. The molecule has 27 heavy (non-hydrogen) atoms. The second kappa shape index (κ2) is 8.36. The van der Waals surface area contributed by atoms with Crippen molar-refractivity contribution in [1.29, 1.82) is 0 Å². The zero-order chi connectivity index (χ0) is 19.2. The molecule has 1 amide bonds. The molecule has 0 fully saturated rings. The normalized spacial score (nSPS) is 10.3. The molecule has 0 saturated heterocycles. The summed E-state index contributed by atoms with van der Waals surface area (Å²) in [5.74, 6) is 0.633. The molecule has 2 N–H and O–H groups in total. The van der Waals surface area contributed by atoms with Crippen molar-refractivity contribution < 1.29 is 9.53 Å². The average Bonchev–Trinajstić information content (AvgIpc) is 2.69. The first-order chi connectivity index (χ1) is 13.1. The van der Waals surface area contributed by atoms with Crippen LogP contribution in [0.15, 0.2) is 60.9 Å². The molecule has 0 aliphatic rings. The molecule has 5 heteroatoms. The molecule has 0 unspecified atom stereocenters. The zero-order valence-electron chi connectivity index (χ0n) is 15.7.